The summed E-state index contributed by atoms with van der Waals surface area (Å²) in [4.78, 5) is 13.3. The molecule has 0 aliphatic rings. The first-order valence-electron chi connectivity index (χ1n) is 4.20. The van der Waals surface area contributed by atoms with E-state index in [1.165, 1.54) is 0 Å². The smallest absolute Gasteiger partial charge is 0.249 e. The molecule has 68 valence electrons. The predicted octanol–water partition coefficient (Wildman–Crippen LogP) is 1.99. The molecule has 0 aromatic rings. The van der Waals surface area contributed by atoms with Crippen LogP contribution >= 0.6 is 0 Å². The van der Waals surface area contributed by atoms with Gasteiger partial charge < -0.3 is 4.90 Å². The lowest BCUT2D eigenvalue weighted by Gasteiger charge is -2.18. The van der Waals surface area contributed by atoms with Gasteiger partial charge in [-0.1, -0.05) is 12.2 Å². The Morgan fingerprint density at radius 1 is 1.58 bits per heavy atom. The molecule has 0 heterocycles. The highest BCUT2D eigenvalue weighted by molar-refractivity contribution is 5.92. The third kappa shape index (κ3) is 2.91. The van der Waals surface area contributed by atoms with Crippen LogP contribution in [-0.2, 0) is 4.79 Å². The summed E-state index contributed by atoms with van der Waals surface area (Å²) < 4.78 is 0. The monoisotopic (exact) mass is 167 g/mol. The Morgan fingerprint density at radius 3 is 2.50 bits per heavy atom. The van der Waals surface area contributed by atoms with Crippen LogP contribution in [0.5, 0.6) is 0 Å². The van der Waals surface area contributed by atoms with Crippen molar-refractivity contribution >= 4 is 5.91 Å². The van der Waals surface area contributed by atoms with Crippen LogP contribution < -0.4 is 0 Å². The maximum atomic E-state index is 11.5. The van der Waals surface area contributed by atoms with Crippen LogP contribution in [0.25, 0.3) is 0 Å². The number of allylic oxidation sites excluding steroid dienone is 1. The Kier molecular flexibility index (Phi) is 5.09. The molecule has 2 heteroatoms. The van der Waals surface area contributed by atoms with Crippen LogP contribution in [0, 0.1) is 0 Å². The molecule has 0 aromatic carbocycles. The number of likely N-dealkylation sites (N-methyl/N-ethyl adjacent to an activating group) is 1. The lowest BCUT2D eigenvalue weighted by atomic mass is 10.2. The summed E-state index contributed by atoms with van der Waals surface area (Å²) in [5, 5.41) is 0. The molecule has 0 aliphatic heterocycles. The van der Waals surface area contributed by atoms with Gasteiger partial charge in [-0.3, -0.25) is 4.79 Å². The maximum Gasteiger partial charge on any atom is 0.249 e. The average Bonchev–Trinajstić information content (AvgIpc) is 2.11. The zero-order valence-corrected chi connectivity index (χ0v) is 8.13. The van der Waals surface area contributed by atoms with E-state index in [0.29, 0.717) is 6.54 Å². The van der Waals surface area contributed by atoms with Gasteiger partial charge in [0.05, 0.1) is 0 Å². The fourth-order valence-electron chi connectivity index (χ4n) is 0.884. The lowest BCUT2D eigenvalue weighted by Crippen LogP contribution is -2.31. The SMILES string of the molecule is C=CCN(CC)C(=O)/C(C)=C/C. The molecular weight excluding hydrogens is 150 g/mol. The minimum absolute atomic E-state index is 0.0971. The summed E-state index contributed by atoms with van der Waals surface area (Å²) in [5.74, 6) is 0.0971. The van der Waals surface area contributed by atoms with Crippen LogP contribution in [0.2, 0.25) is 0 Å². The van der Waals surface area contributed by atoms with Gasteiger partial charge in [0.1, 0.15) is 0 Å². The highest BCUT2D eigenvalue weighted by Crippen LogP contribution is 2.00. The summed E-state index contributed by atoms with van der Waals surface area (Å²) in [5.41, 5.74) is 0.790. The molecule has 0 atom stereocenters. The van der Waals surface area contributed by atoms with Crippen molar-refractivity contribution in [3.05, 3.63) is 24.3 Å². The van der Waals surface area contributed by atoms with Crippen molar-refractivity contribution in [1.29, 1.82) is 0 Å². The zero-order chi connectivity index (χ0) is 9.56. The normalized spacial score (nSPS) is 11.1. The number of nitrogens with zero attached hydrogens (tertiary/aromatic N) is 1. The van der Waals surface area contributed by atoms with Crippen molar-refractivity contribution in [2.24, 2.45) is 0 Å². The quantitative estimate of drug-likeness (QED) is 0.463. The van der Waals surface area contributed by atoms with Crippen molar-refractivity contribution in [3.8, 4) is 0 Å². The molecular formula is C10H17NO. The van der Waals surface area contributed by atoms with Crippen LogP contribution in [0.15, 0.2) is 24.3 Å². The van der Waals surface area contributed by atoms with E-state index in [-0.39, 0.29) is 5.91 Å². The number of carbonyl (C=O) groups is 1. The van der Waals surface area contributed by atoms with Crippen LogP contribution in [0.1, 0.15) is 20.8 Å². The fourth-order valence-corrected chi connectivity index (χ4v) is 0.884. The summed E-state index contributed by atoms with van der Waals surface area (Å²) in [6, 6.07) is 0. The highest BCUT2D eigenvalue weighted by Gasteiger charge is 2.10. The predicted molar refractivity (Wildman–Crippen MR) is 51.9 cm³/mol. The zero-order valence-electron chi connectivity index (χ0n) is 8.13. The summed E-state index contributed by atoms with van der Waals surface area (Å²) >= 11 is 0. The number of hydrogen-bond acceptors (Lipinski definition) is 1. The highest BCUT2D eigenvalue weighted by atomic mass is 16.2. The summed E-state index contributed by atoms with van der Waals surface area (Å²) in [6.07, 6.45) is 3.57. The topological polar surface area (TPSA) is 20.3 Å². The molecule has 0 aliphatic carbocycles. The summed E-state index contributed by atoms with van der Waals surface area (Å²) in [6.45, 7) is 10.6. The maximum absolute atomic E-state index is 11.5. The Labute approximate surface area is 74.6 Å². The van der Waals surface area contributed by atoms with E-state index in [1.807, 2.05) is 26.8 Å². The largest absolute Gasteiger partial charge is 0.336 e. The molecule has 0 radical (unpaired) electrons. The van der Waals surface area contributed by atoms with Crippen molar-refractivity contribution in [2.75, 3.05) is 13.1 Å². The van der Waals surface area contributed by atoms with Crippen LogP contribution in [-0.4, -0.2) is 23.9 Å². The van der Waals surface area contributed by atoms with E-state index in [2.05, 4.69) is 6.58 Å². The number of hydrogen-bond donors (Lipinski definition) is 0. The van der Waals surface area contributed by atoms with Gasteiger partial charge in [-0.25, -0.2) is 0 Å². The molecule has 0 fully saturated rings. The first-order valence-corrected chi connectivity index (χ1v) is 4.20. The first-order chi connectivity index (χ1) is 5.67. The van der Waals surface area contributed by atoms with Crippen molar-refractivity contribution in [3.63, 3.8) is 0 Å². The second kappa shape index (κ2) is 5.58. The minimum Gasteiger partial charge on any atom is -0.336 e. The third-order valence-electron chi connectivity index (χ3n) is 1.79. The molecule has 0 bridgehead atoms. The van der Waals surface area contributed by atoms with Crippen molar-refractivity contribution < 1.29 is 4.79 Å². The number of amides is 1. The van der Waals surface area contributed by atoms with Gasteiger partial charge in [-0.2, -0.15) is 0 Å². The van der Waals surface area contributed by atoms with Crippen molar-refractivity contribution in [1.82, 2.24) is 4.90 Å². The third-order valence-corrected chi connectivity index (χ3v) is 1.79. The fraction of sp³-hybridized carbons (Fsp3) is 0.500. The molecule has 0 spiro atoms. The Bertz CT molecular complexity index is 194. The second-order valence-electron chi connectivity index (χ2n) is 2.60. The van der Waals surface area contributed by atoms with Crippen LogP contribution in [0.3, 0.4) is 0 Å². The molecule has 2 nitrogen and oxygen atoms in total. The molecule has 0 unspecified atom stereocenters. The van der Waals surface area contributed by atoms with Gasteiger partial charge in [-0.15, -0.1) is 6.58 Å². The van der Waals surface area contributed by atoms with Gasteiger partial charge in [0.15, 0.2) is 0 Å². The molecule has 0 saturated heterocycles. The molecule has 0 rings (SSSR count). The molecule has 0 aromatic heterocycles. The van der Waals surface area contributed by atoms with E-state index in [4.69, 9.17) is 0 Å². The molecule has 0 saturated carbocycles. The van der Waals surface area contributed by atoms with Crippen LogP contribution in [0.4, 0.5) is 0 Å². The summed E-state index contributed by atoms with van der Waals surface area (Å²) in [7, 11) is 0. The average molecular weight is 167 g/mol. The van der Waals surface area contributed by atoms with E-state index in [0.717, 1.165) is 12.1 Å². The van der Waals surface area contributed by atoms with E-state index in [9.17, 15) is 4.79 Å². The first kappa shape index (κ1) is 11.0. The van der Waals surface area contributed by atoms with Gasteiger partial charge >= 0.3 is 0 Å². The van der Waals surface area contributed by atoms with Gasteiger partial charge in [-0.05, 0) is 20.8 Å². The Morgan fingerprint density at radius 2 is 2.17 bits per heavy atom. The standard InChI is InChI=1S/C10H17NO/c1-5-8-11(7-3)10(12)9(4)6-2/h5-6H,1,7-8H2,2-4H3/b9-6+. The van der Waals surface area contributed by atoms with E-state index < -0.39 is 0 Å². The van der Waals surface area contributed by atoms with E-state index in [1.54, 1.807) is 11.0 Å². The number of rotatable bonds is 4. The van der Waals surface area contributed by atoms with Gasteiger partial charge in [0.25, 0.3) is 0 Å². The lowest BCUT2D eigenvalue weighted by molar-refractivity contribution is -0.126. The minimum atomic E-state index is 0.0971. The Balaban J connectivity index is 4.30. The molecule has 0 N–H and O–H groups in total. The second-order valence-corrected chi connectivity index (χ2v) is 2.60. The van der Waals surface area contributed by atoms with Crippen molar-refractivity contribution in [2.45, 2.75) is 20.8 Å². The van der Waals surface area contributed by atoms with E-state index >= 15 is 0 Å². The van der Waals surface area contributed by atoms with Gasteiger partial charge in [0.2, 0.25) is 5.91 Å². The van der Waals surface area contributed by atoms with Gasteiger partial charge in [0, 0.05) is 18.7 Å². The molecule has 1 amide bonds. The number of carbonyl (C=O) groups excluding carboxylic acids is 1. The molecule has 12 heavy (non-hydrogen) atoms. The Hall–Kier alpha value is -1.05.